The van der Waals surface area contributed by atoms with Gasteiger partial charge in [0.25, 0.3) is 0 Å². The zero-order valence-corrected chi connectivity index (χ0v) is 9.50. The molecule has 0 spiro atoms. The average molecular weight is 200 g/mol. The van der Waals surface area contributed by atoms with Crippen LogP contribution in [0.25, 0.3) is 0 Å². The first-order valence-electron chi connectivity index (χ1n) is 5.36. The van der Waals surface area contributed by atoms with Crippen LogP contribution in [0.1, 0.15) is 40.5 Å². The van der Waals surface area contributed by atoms with Crippen LogP contribution in [0.4, 0.5) is 0 Å². The van der Waals surface area contributed by atoms with Crippen molar-refractivity contribution >= 4 is 11.8 Å². The van der Waals surface area contributed by atoms with Gasteiger partial charge in [0.1, 0.15) is 11.7 Å². The van der Waals surface area contributed by atoms with Gasteiger partial charge in [-0.15, -0.1) is 0 Å². The predicted molar refractivity (Wildman–Crippen MR) is 54.9 cm³/mol. The lowest BCUT2D eigenvalue weighted by atomic mass is 9.98. The Hall–Kier alpha value is -0.860. The minimum Gasteiger partial charge on any atom is -0.465 e. The number of esters is 1. The first-order valence-corrected chi connectivity index (χ1v) is 5.36. The first kappa shape index (κ1) is 13.1. The molecule has 1 saturated carbocycles. The molecule has 0 bridgehead atoms. The minimum absolute atomic E-state index is 0.0425. The molecule has 2 atom stereocenters. The molecule has 0 aromatic rings. The molecule has 0 amide bonds. The van der Waals surface area contributed by atoms with E-state index in [4.69, 9.17) is 4.74 Å². The zero-order chi connectivity index (χ0) is 11.1. The van der Waals surface area contributed by atoms with Crippen molar-refractivity contribution < 1.29 is 14.3 Å². The van der Waals surface area contributed by atoms with Gasteiger partial charge in [-0.1, -0.05) is 20.8 Å². The van der Waals surface area contributed by atoms with Crippen molar-refractivity contribution in [3.63, 3.8) is 0 Å². The number of hydrogen-bond donors (Lipinski definition) is 0. The highest BCUT2D eigenvalue weighted by Gasteiger charge is 2.38. The quantitative estimate of drug-likeness (QED) is 0.507. The maximum Gasteiger partial charge on any atom is 0.316 e. The highest BCUT2D eigenvalue weighted by Crippen LogP contribution is 2.28. The highest BCUT2D eigenvalue weighted by molar-refractivity contribution is 6.00. The van der Waals surface area contributed by atoms with E-state index in [0.29, 0.717) is 13.0 Å². The Morgan fingerprint density at radius 2 is 2.07 bits per heavy atom. The van der Waals surface area contributed by atoms with E-state index < -0.39 is 5.92 Å². The van der Waals surface area contributed by atoms with Gasteiger partial charge in [-0.3, -0.25) is 9.59 Å². The summed E-state index contributed by atoms with van der Waals surface area (Å²) in [6, 6.07) is 0. The van der Waals surface area contributed by atoms with Crippen molar-refractivity contribution in [1.82, 2.24) is 0 Å². The molecule has 2 unspecified atom stereocenters. The molecule has 1 aliphatic carbocycles. The molecule has 0 aromatic carbocycles. The molecule has 0 N–H and O–H groups in total. The predicted octanol–water partition coefficient (Wildman–Crippen LogP) is 2.19. The van der Waals surface area contributed by atoms with Crippen LogP contribution >= 0.6 is 0 Å². The van der Waals surface area contributed by atoms with Gasteiger partial charge in [0.15, 0.2) is 0 Å². The molecule has 14 heavy (non-hydrogen) atoms. The Morgan fingerprint density at radius 3 is 2.43 bits per heavy atom. The lowest BCUT2D eigenvalue weighted by Gasteiger charge is -2.11. The van der Waals surface area contributed by atoms with Crippen molar-refractivity contribution in [2.75, 3.05) is 6.61 Å². The van der Waals surface area contributed by atoms with Crippen molar-refractivity contribution in [1.29, 1.82) is 0 Å². The summed E-state index contributed by atoms with van der Waals surface area (Å²) in [5.41, 5.74) is 0. The van der Waals surface area contributed by atoms with Crippen molar-refractivity contribution in [3.8, 4) is 0 Å². The summed E-state index contributed by atoms with van der Waals surface area (Å²) in [6.07, 6.45) is 1.35. The third-order valence-electron chi connectivity index (χ3n) is 2.30. The number of ether oxygens (including phenoxy) is 1. The van der Waals surface area contributed by atoms with E-state index in [1.54, 1.807) is 6.92 Å². The molecule has 1 rings (SSSR count). The Morgan fingerprint density at radius 1 is 1.50 bits per heavy atom. The lowest BCUT2D eigenvalue weighted by molar-refractivity contribution is -0.151. The molecular weight excluding hydrogens is 180 g/mol. The van der Waals surface area contributed by atoms with Crippen LogP contribution < -0.4 is 0 Å². The van der Waals surface area contributed by atoms with Crippen LogP contribution in [0.3, 0.4) is 0 Å². The van der Waals surface area contributed by atoms with E-state index in [2.05, 4.69) is 0 Å². The molecule has 0 heterocycles. The van der Waals surface area contributed by atoms with Gasteiger partial charge in [0.05, 0.1) is 6.61 Å². The molecule has 1 fully saturated rings. The maximum atomic E-state index is 11.2. The fourth-order valence-electron chi connectivity index (χ4n) is 1.61. The molecule has 0 radical (unpaired) electrons. The van der Waals surface area contributed by atoms with Gasteiger partial charge in [-0.25, -0.2) is 0 Å². The lowest BCUT2D eigenvalue weighted by Crippen LogP contribution is -2.25. The molecule has 0 aromatic heterocycles. The minimum atomic E-state index is -0.482. The van der Waals surface area contributed by atoms with Crippen LogP contribution in [0.5, 0.6) is 0 Å². The molecular formula is C11H20O3. The maximum absolute atomic E-state index is 11.2. The first-order chi connectivity index (χ1) is 6.66. The molecule has 3 heteroatoms. The SMILES string of the molecule is CC.CCOC(=O)C1C(=O)CCC1C. The highest BCUT2D eigenvalue weighted by atomic mass is 16.5. The Balaban J connectivity index is 0.000000791. The van der Waals surface area contributed by atoms with Crippen LogP contribution in [0.2, 0.25) is 0 Å². The van der Waals surface area contributed by atoms with Crippen LogP contribution in [0.15, 0.2) is 0 Å². The topological polar surface area (TPSA) is 43.4 Å². The number of ketones is 1. The monoisotopic (exact) mass is 200 g/mol. The smallest absolute Gasteiger partial charge is 0.316 e. The molecule has 82 valence electrons. The molecule has 1 aliphatic rings. The second kappa shape index (κ2) is 6.57. The van der Waals surface area contributed by atoms with Crippen LogP contribution in [0, 0.1) is 11.8 Å². The Kier molecular flexibility index (Phi) is 6.17. The summed E-state index contributed by atoms with van der Waals surface area (Å²) in [7, 11) is 0. The number of hydrogen-bond acceptors (Lipinski definition) is 3. The average Bonchev–Trinajstić information content (AvgIpc) is 2.50. The number of carbonyl (C=O) groups excluding carboxylic acids is 2. The summed E-state index contributed by atoms with van der Waals surface area (Å²) in [5.74, 6) is -0.616. The summed E-state index contributed by atoms with van der Waals surface area (Å²) < 4.78 is 4.81. The van der Waals surface area contributed by atoms with E-state index in [-0.39, 0.29) is 17.7 Å². The number of rotatable bonds is 2. The normalized spacial score (nSPS) is 25.3. The van der Waals surface area contributed by atoms with Gasteiger partial charge in [-0.2, -0.15) is 0 Å². The van der Waals surface area contributed by atoms with Gasteiger partial charge < -0.3 is 4.74 Å². The fraction of sp³-hybridized carbons (Fsp3) is 0.818. The second-order valence-electron chi connectivity index (χ2n) is 3.21. The largest absolute Gasteiger partial charge is 0.465 e. The van der Waals surface area contributed by atoms with Gasteiger partial charge in [0, 0.05) is 6.42 Å². The molecule has 0 aliphatic heterocycles. The van der Waals surface area contributed by atoms with Gasteiger partial charge in [0.2, 0.25) is 0 Å². The standard InChI is InChI=1S/C9H14O3.C2H6/c1-3-12-9(11)8-6(2)4-5-7(8)10;1-2/h6,8H,3-5H2,1-2H3;1-2H3. The summed E-state index contributed by atoms with van der Waals surface area (Å²) in [5, 5.41) is 0. The molecule has 0 saturated heterocycles. The van der Waals surface area contributed by atoms with E-state index >= 15 is 0 Å². The Bertz CT molecular complexity index is 199. The molecule has 3 nitrogen and oxygen atoms in total. The van der Waals surface area contributed by atoms with Crippen molar-refractivity contribution in [2.24, 2.45) is 11.8 Å². The zero-order valence-electron chi connectivity index (χ0n) is 9.50. The third kappa shape index (κ3) is 3.13. The number of Topliss-reactive ketones (excluding diaryl/α,β-unsaturated/α-hetero) is 1. The van der Waals surface area contributed by atoms with E-state index in [1.165, 1.54) is 0 Å². The van der Waals surface area contributed by atoms with Crippen molar-refractivity contribution in [3.05, 3.63) is 0 Å². The van der Waals surface area contributed by atoms with E-state index in [1.807, 2.05) is 20.8 Å². The van der Waals surface area contributed by atoms with E-state index in [0.717, 1.165) is 6.42 Å². The van der Waals surface area contributed by atoms with Crippen molar-refractivity contribution in [2.45, 2.75) is 40.5 Å². The van der Waals surface area contributed by atoms with Crippen LogP contribution in [-0.4, -0.2) is 18.4 Å². The second-order valence-corrected chi connectivity index (χ2v) is 3.21. The third-order valence-corrected chi connectivity index (χ3v) is 2.30. The Labute approximate surface area is 85.8 Å². The summed E-state index contributed by atoms with van der Waals surface area (Å²) >= 11 is 0. The summed E-state index contributed by atoms with van der Waals surface area (Å²) in [6.45, 7) is 8.03. The van der Waals surface area contributed by atoms with Gasteiger partial charge in [-0.05, 0) is 19.3 Å². The number of carbonyl (C=O) groups is 2. The van der Waals surface area contributed by atoms with E-state index in [9.17, 15) is 9.59 Å². The summed E-state index contributed by atoms with van der Waals surface area (Å²) in [4.78, 5) is 22.4. The fourth-order valence-corrected chi connectivity index (χ4v) is 1.61. The van der Waals surface area contributed by atoms with Crippen LogP contribution in [-0.2, 0) is 14.3 Å². The van der Waals surface area contributed by atoms with Gasteiger partial charge >= 0.3 is 5.97 Å².